The fourth-order valence-electron chi connectivity index (χ4n) is 2.72. The van der Waals surface area contributed by atoms with Crippen LogP contribution in [0.1, 0.15) is 24.2 Å². The van der Waals surface area contributed by atoms with Crippen LogP contribution in [-0.2, 0) is 4.79 Å². The third kappa shape index (κ3) is 6.30. The first kappa shape index (κ1) is 21.8. The zero-order valence-corrected chi connectivity index (χ0v) is 17.2. The molecule has 3 aromatic carbocycles. The van der Waals surface area contributed by atoms with Crippen molar-refractivity contribution in [1.29, 1.82) is 0 Å². The number of amides is 2. The van der Waals surface area contributed by atoms with Crippen molar-refractivity contribution in [2.45, 2.75) is 20.0 Å². The molecule has 2 amide bonds. The summed E-state index contributed by atoms with van der Waals surface area (Å²) >= 11 is 0. The minimum Gasteiger partial charge on any atom is -0.494 e. The van der Waals surface area contributed by atoms with Gasteiger partial charge in [0.25, 0.3) is 11.8 Å². The Morgan fingerprint density at radius 1 is 0.839 bits per heavy atom. The molecule has 0 bridgehead atoms. The molecule has 0 aliphatic heterocycles. The van der Waals surface area contributed by atoms with Gasteiger partial charge in [0.1, 0.15) is 17.3 Å². The molecule has 0 radical (unpaired) electrons. The van der Waals surface area contributed by atoms with Crippen LogP contribution in [0.5, 0.6) is 11.5 Å². The van der Waals surface area contributed by atoms with Gasteiger partial charge in [-0.25, -0.2) is 4.39 Å². The van der Waals surface area contributed by atoms with Crippen molar-refractivity contribution in [2.75, 3.05) is 17.2 Å². The van der Waals surface area contributed by atoms with Gasteiger partial charge < -0.3 is 20.1 Å². The molecule has 1 atom stereocenters. The van der Waals surface area contributed by atoms with Crippen LogP contribution in [0.25, 0.3) is 0 Å². The van der Waals surface area contributed by atoms with Gasteiger partial charge in [-0.2, -0.15) is 0 Å². The number of carbonyl (C=O) groups is 2. The summed E-state index contributed by atoms with van der Waals surface area (Å²) in [6, 6.07) is 19.0. The minimum atomic E-state index is -0.745. The quantitative estimate of drug-likeness (QED) is 0.542. The Morgan fingerprint density at radius 2 is 1.39 bits per heavy atom. The maximum atomic E-state index is 13.0. The number of hydrogen-bond donors (Lipinski definition) is 2. The van der Waals surface area contributed by atoms with Crippen molar-refractivity contribution >= 4 is 23.2 Å². The average Bonchev–Trinajstić information content (AvgIpc) is 2.77. The predicted octanol–water partition coefficient (Wildman–Crippen LogP) is 4.88. The summed E-state index contributed by atoms with van der Waals surface area (Å²) in [4.78, 5) is 24.7. The van der Waals surface area contributed by atoms with Gasteiger partial charge in [-0.05, 0) is 86.6 Å². The van der Waals surface area contributed by atoms with Crippen LogP contribution in [0, 0.1) is 5.82 Å². The van der Waals surface area contributed by atoms with E-state index in [-0.39, 0.29) is 17.6 Å². The number of halogens is 1. The van der Waals surface area contributed by atoms with Gasteiger partial charge in [-0.15, -0.1) is 0 Å². The van der Waals surface area contributed by atoms with E-state index < -0.39 is 6.10 Å². The molecule has 0 saturated heterocycles. The summed E-state index contributed by atoms with van der Waals surface area (Å²) < 4.78 is 24.0. The molecular weight excluding hydrogens is 399 g/mol. The van der Waals surface area contributed by atoms with E-state index in [1.54, 1.807) is 55.5 Å². The molecule has 0 aromatic heterocycles. The molecule has 6 nitrogen and oxygen atoms in total. The van der Waals surface area contributed by atoms with E-state index >= 15 is 0 Å². The van der Waals surface area contributed by atoms with Crippen molar-refractivity contribution in [1.82, 2.24) is 0 Å². The second-order valence-electron chi connectivity index (χ2n) is 6.69. The number of nitrogens with one attached hydrogen (secondary N) is 2. The second kappa shape index (κ2) is 10.2. The lowest BCUT2D eigenvalue weighted by Gasteiger charge is -2.15. The van der Waals surface area contributed by atoms with Gasteiger partial charge in [-0.3, -0.25) is 9.59 Å². The highest BCUT2D eigenvalue weighted by atomic mass is 19.1. The lowest BCUT2D eigenvalue weighted by molar-refractivity contribution is -0.122. The smallest absolute Gasteiger partial charge is 0.265 e. The zero-order chi connectivity index (χ0) is 22.2. The maximum absolute atomic E-state index is 13.0. The van der Waals surface area contributed by atoms with Crippen molar-refractivity contribution in [3.05, 3.63) is 84.2 Å². The first-order valence-electron chi connectivity index (χ1n) is 9.82. The van der Waals surface area contributed by atoms with Crippen LogP contribution in [-0.4, -0.2) is 24.5 Å². The number of ether oxygens (including phenoxy) is 2. The van der Waals surface area contributed by atoms with Gasteiger partial charge in [-0.1, -0.05) is 0 Å². The molecule has 0 spiro atoms. The number of rotatable bonds is 8. The van der Waals surface area contributed by atoms with Gasteiger partial charge in [0, 0.05) is 16.9 Å². The molecule has 0 fully saturated rings. The van der Waals surface area contributed by atoms with Crippen molar-refractivity contribution < 1.29 is 23.5 Å². The first-order chi connectivity index (χ1) is 14.9. The van der Waals surface area contributed by atoms with Crippen LogP contribution in [0.4, 0.5) is 15.8 Å². The molecule has 3 rings (SSSR count). The van der Waals surface area contributed by atoms with Gasteiger partial charge in [0.05, 0.1) is 6.61 Å². The molecule has 31 heavy (non-hydrogen) atoms. The number of anilines is 2. The van der Waals surface area contributed by atoms with Gasteiger partial charge in [0.15, 0.2) is 6.10 Å². The Morgan fingerprint density at radius 3 is 2.00 bits per heavy atom. The fraction of sp³-hybridized carbons (Fsp3) is 0.167. The molecule has 3 aromatic rings. The van der Waals surface area contributed by atoms with Crippen LogP contribution in [0.15, 0.2) is 72.8 Å². The van der Waals surface area contributed by atoms with E-state index in [0.717, 1.165) is 5.75 Å². The monoisotopic (exact) mass is 422 g/mol. The normalized spacial score (nSPS) is 11.3. The van der Waals surface area contributed by atoms with Gasteiger partial charge >= 0.3 is 0 Å². The Balaban J connectivity index is 1.53. The van der Waals surface area contributed by atoms with Crippen LogP contribution in [0.2, 0.25) is 0 Å². The summed E-state index contributed by atoms with van der Waals surface area (Å²) in [7, 11) is 0. The molecule has 0 unspecified atom stereocenters. The SMILES string of the molecule is CCOc1ccc(NC(=O)[C@@H](C)Oc2ccc(C(=O)Nc3ccc(F)cc3)cc2)cc1. The average molecular weight is 422 g/mol. The minimum absolute atomic E-state index is 0.303. The predicted molar refractivity (Wildman–Crippen MR) is 117 cm³/mol. The van der Waals surface area contributed by atoms with Crippen LogP contribution >= 0.6 is 0 Å². The van der Waals surface area contributed by atoms with E-state index in [9.17, 15) is 14.0 Å². The van der Waals surface area contributed by atoms with Crippen molar-refractivity contribution in [2.24, 2.45) is 0 Å². The molecule has 0 aliphatic rings. The Labute approximate surface area is 180 Å². The molecular formula is C24H23FN2O4. The Hall–Kier alpha value is -3.87. The zero-order valence-electron chi connectivity index (χ0n) is 17.2. The topological polar surface area (TPSA) is 76.7 Å². The third-order valence-corrected chi connectivity index (χ3v) is 4.33. The largest absolute Gasteiger partial charge is 0.494 e. The van der Waals surface area contributed by atoms with E-state index in [1.165, 1.54) is 24.3 Å². The summed E-state index contributed by atoms with van der Waals surface area (Å²) in [6.45, 7) is 4.11. The second-order valence-corrected chi connectivity index (χ2v) is 6.69. The van der Waals surface area contributed by atoms with E-state index in [1.807, 2.05) is 6.92 Å². The Bertz CT molecular complexity index is 1020. The lowest BCUT2D eigenvalue weighted by Crippen LogP contribution is -2.30. The highest BCUT2D eigenvalue weighted by Crippen LogP contribution is 2.18. The summed E-state index contributed by atoms with van der Waals surface area (Å²) in [5, 5.41) is 5.47. The molecule has 0 heterocycles. The summed E-state index contributed by atoms with van der Waals surface area (Å²) in [6.07, 6.45) is -0.745. The third-order valence-electron chi connectivity index (χ3n) is 4.33. The number of carbonyl (C=O) groups excluding carboxylic acids is 2. The molecule has 7 heteroatoms. The van der Waals surface area contributed by atoms with E-state index in [2.05, 4.69) is 10.6 Å². The molecule has 160 valence electrons. The molecule has 0 saturated carbocycles. The molecule has 0 aliphatic carbocycles. The number of benzene rings is 3. The molecule has 2 N–H and O–H groups in total. The first-order valence-corrected chi connectivity index (χ1v) is 9.82. The Kier molecular flexibility index (Phi) is 7.22. The van der Waals surface area contributed by atoms with E-state index in [0.29, 0.717) is 29.3 Å². The van der Waals surface area contributed by atoms with Crippen LogP contribution < -0.4 is 20.1 Å². The number of hydrogen-bond acceptors (Lipinski definition) is 4. The summed E-state index contributed by atoms with van der Waals surface area (Å²) in [5.74, 6) is 0.169. The highest BCUT2D eigenvalue weighted by Gasteiger charge is 2.15. The maximum Gasteiger partial charge on any atom is 0.265 e. The summed E-state index contributed by atoms with van der Waals surface area (Å²) in [5.41, 5.74) is 1.53. The van der Waals surface area contributed by atoms with Crippen molar-refractivity contribution in [3.63, 3.8) is 0 Å². The fourth-order valence-corrected chi connectivity index (χ4v) is 2.72. The van der Waals surface area contributed by atoms with Gasteiger partial charge in [0.2, 0.25) is 0 Å². The van der Waals surface area contributed by atoms with Crippen LogP contribution in [0.3, 0.4) is 0 Å². The van der Waals surface area contributed by atoms with E-state index in [4.69, 9.17) is 9.47 Å². The van der Waals surface area contributed by atoms with Crippen molar-refractivity contribution in [3.8, 4) is 11.5 Å². The highest BCUT2D eigenvalue weighted by molar-refractivity contribution is 6.04. The lowest BCUT2D eigenvalue weighted by atomic mass is 10.2. The standard InChI is InChI=1S/C24H23FN2O4/c1-3-30-21-14-10-20(11-15-21)26-23(28)16(2)31-22-12-4-17(5-13-22)24(29)27-19-8-6-18(25)7-9-19/h4-16H,3H2,1-2H3,(H,26,28)(H,27,29)/t16-/m1/s1.